The molecule has 0 saturated carbocycles. The summed E-state index contributed by atoms with van der Waals surface area (Å²) in [5.41, 5.74) is 6.71. The molecule has 1 atom stereocenters. The van der Waals surface area contributed by atoms with Crippen LogP contribution in [0.1, 0.15) is 24.3 Å². The number of hydrogen-bond acceptors (Lipinski definition) is 2. The van der Waals surface area contributed by atoms with Gasteiger partial charge in [0.05, 0.1) is 6.04 Å². The quantitative estimate of drug-likeness (QED) is 0.762. The molecule has 3 heteroatoms. The van der Waals surface area contributed by atoms with Gasteiger partial charge in [0.15, 0.2) is 4.67 Å². The van der Waals surface area contributed by atoms with Gasteiger partial charge < -0.3 is 10.2 Å². The van der Waals surface area contributed by atoms with Gasteiger partial charge in [0, 0.05) is 0 Å². The molecule has 0 bridgehead atoms. The molecule has 0 fully saturated rings. The molecule has 0 aliphatic heterocycles. The molecule has 0 aromatic carbocycles. The van der Waals surface area contributed by atoms with E-state index < -0.39 is 0 Å². The van der Waals surface area contributed by atoms with E-state index in [1.165, 1.54) is 0 Å². The minimum Gasteiger partial charge on any atom is -0.452 e. The highest BCUT2D eigenvalue weighted by molar-refractivity contribution is 9.10. The Labute approximate surface area is 68.5 Å². The monoisotopic (exact) mass is 203 g/mol. The summed E-state index contributed by atoms with van der Waals surface area (Å²) in [4.78, 5) is 0. The van der Waals surface area contributed by atoms with Crippen LogP contribution >= 0.6 is 15.9 Å². The Morgan fingerprint density at radius 2 is 2.30 bits per heavy atom. The highest BCUT2D eigenvalue weighted by Gasteiger charge is 2.08. The van der Waals surface area contributed by atoms with Crippen molar-refractivity contribution < 1.29 is 4.42 Å². The zero-order chi connectivity index (χ0) is 7.72. The van der Waals surface area contributed by atoms with Crippen LogP contribution < -0.4 is 5.73 Å². The first-order valence-electron chi connectivity index (χ1n) is 3.12. The van der Waals surface area contributed by atoms with E-state index in [1.54, 1.807) is 0 Å². The molecule has 0 radical (unpaired) electrons. The smallest absolute Gasteiger partial charge is 0.169 e. The van der Waals surface area contributed by atoms with Gasteiger partial charge in [-0.3, -0.25) is 0 Å². The largest absolute Gasteiger partial charge is 0.452 e. The number of furan rings is 1. The molecule has 1 heterocycles. The third kappa shape index (κ3) is 1.41. The van der Waals surface area contributed by atoms with Crippen LogP contribution in [0.25, 0.3) is 0 Å². The summed E-state index contributed by atoms with van der Waals surface area (Å²) in [7, 11) is 0. The Kier molecular flexibility index (Phi) is 2.16. The normalized spacial score (nSPS) is 13.6. The number of halogens is 1. The molecule has 10 heavy (non-hydrogen) atoms. The highest BCUT2D eigenvalue weighted by atomic mass is 79.9. The predicted molar refractivity (Wildman–Crippen MR) is 43.7 cm³/mol. The SMILES string of the molecule is Cc1cc(Br)oc1[C@@H](C)N. The molecule has 0 aliphatic carbocycles. The summed E-state index contributed by atoms with van der Waals surface area (Å²) in [5, 5.41) is 0. The van der Waals surface area contributed by atoms with Crippen molar-refractivity contribution in [3.63, 3.8) is 0 Å². The second-order valence-corrected chi connectivity index (χ2v) is 3.17. The first kappa shape index (κ1) is 7.82. The van der Waals surface area contributed by atoms with Crippen LogP contribution in [0.15, 0.2) is 15.2 Å². The lowest BCUT2D eigenvalue weighted by molar-refractivity contribution is 0.458. The maximum atomic E-state index is 5.61. The molecule has 56 valence electrons. The van der Waals surface area contributed by atoms with E-state index in [2.05, 4.69) is 15.9 Å². The zero-order valence-corrected chi connectivity index (χ0v) is 7.60. The van der Waals surface area contributed by atoms with Crippen molar-refractivity contribution in [3.8, 4) is 0 Å². The molecule has 0 aliphatic rings. The average molecular weight is 204 g/mol. The van der Waals surface area contributed by atoms with Gasteiger partial charge in [-0.25, -0.2) is 0 Å². The van der Waals surface area contributed by atoms with Gasteiger partial charge in [-0.1, -0.05) is 0 Å². The van der Waals surface area contributed by atoms with Crippen molar-refractivity contribution in [1.82, 2.24) is 0 Å². The van der Waals surface area contributed by atoms with Crippen molar-refractivity contribution in [3.05, 3.63) is 22.1 Å². The number of rotatable bonds is 1. The first-order valence-corrected chi connectivity index (χ1v) is 3.92. The fraction of sp³-hybridized carbons (Fsp3) is 0.429. The van der Waals surface area contributed by atoms with Crippen LogP contribution in [0, 0.1) is 6.92 Å². The molecular weight excluding hydrogens is 194 g/mol. The Balaban J connectivity index is 3.03. The summed E-state index contributed by atoms with van der Waals surface area (Å²) in [5.74, 6) is 0.854. The minimum atomic E-state index is -0.0219. The molecule has 0 unspecified atom stereocenters. The lowest BCUT2D eigenvalue weighted by Crippen LogP contribution is -2.04. The summed E-state index contributed by atoms with van der Waals surface area (Å²) in [6.45, 7) is 3.88. The second-order valence-electron chi connectivity index (χ2n) is 2.39. The van der Waals surface area contributed by atoms with Crippen LogP contribution in [0.3, 0.4) is 0 Å². The third-order valence-electron chi connectivity index (χ3n) is 1.34. The van der Waals surface area contributed by atoms with Gasteiger partial charge in [0.2, 0.25) is 0 Å². The number of hydrogen-bond donors (Lipinski definition) is 1. The molecule has 2 N–H and O–H groups in total. The molecule has 1 aromatic rings. The van der Waals surface area contributed by atoms with Crippen LogP contribution in [0.2, 0.25) is 0 Å². The fourth-order valence-electron chi connectivity index (χ4n) is 0.908. The highest BCUT2D eigenvalue weighted by Crippen LogP contribution is 2.23. The minimum absolute atomic E-state index is 0.0219. The van der Waals surface area contributed by atoms with Gasteiger partial charge in [-0.15, -0.1) is 0 Å². The van der Waals surface area contributed by atoms with E-state index in [4.69, 9.17) is 10.2 Å². The first-order chi connectivity index (χ1) is 4.61. The molecule has 1 aromatic heterocycles. The van der Waals surface area contributed by atoms with Crippen molar-refractivity contribution in [1.29, 1.82) is 0 Å². The van der Waals surface area contributed by atoms with Crippen LogP contribution in [-0.2, 0) is 0 Å². The van der Waals surface area contributed by atoms with E-state index in [1.807, 2.05) is 19.9 Å². The van der Waals surface area contributed by atoms with Crippen LogP contribution in [0.4, 0.5) is 0 Å². The van der Waals surface area contributed by atoms with Gasteiger partial charge in [-0.2, -0.15) is 0 Å². The molecular formula is C7H10BrNO. The van der Waals surface area contributed by atoms with E-state index in [9.17, 15) is 0 Å². The van der Waals surface area contributed by atoms with E-state index in [0.717, 1.165) is 16.0 Å². The number of nitrogens with two attached hydrogens (primary N) is 1. The van der Waals surface area contributed by atoms with E-state index in [0.29, 0.717) is 0 Å². The lowest BCUT2D eigenvalue weighted by Gasteiger charge is -1.99. The molecule has 1 rings (SSSR count). The van der Waals surface area contributed by atoms with Crippen molar-refractivity contribution in [2.75, 3.05) is 0 Å². The average Bonchev–Trinajstić information content (AvgIpc) is 2.10. The van der Waals surface area contributed by atoms with Gasteiger partial charge in [0.1, 0.15) is 5.76 Å². The Bertz CT molecular complexity index is 230. The molecule has 0 spiro atoms. The third-order valence-corrected chi connectivity index (χ3v) is 1.73. The van der Waals surface area contributed by atoms with Crippen LogP contribution in [0.5, 0.6) is 0 Å². The number of aryl methyl sites for hydroxylation is 1. The summed E-state index contributed by atoms with van der Waals surface area (Å²) in [6, 6.07) is 1.89. The zero-order valence-electron chi connectivity index (χ0n) is 6.02. The van der Waals surface area contributed by atoms with E-state index >= 15 is 0 Å². The molecule has 2 nitrogen and oxygen atoms in total. The topological polar surface area (TPSA) is 39.2 Å². The van der Waals surface area contributed by atoms with Crippen molar-refractivity contribution in [2.45, 2.75) is 19.9 Å². The molecule has 0 amide bonds. The Hall–Kier alpha value is -0.280. The summed E-state index contributed by atoms with van der Waals surface area (Å²) in [6.07, 6.45) is 0. The maximum Gasteiger partial charge on any atom is 0.169 e. The van der Waals surface area contributed by atoms with Gasteiger partial charge in [-0.05, 0) is 41.4 Å². The Morgan fingerprint density at radius 1 is 1.70 bits per heavy atom. The van der Waals surface area contributed by atoms with Crippen molar-refractivity contribution in [2.24, 2.45) is 5.73 Å². The Morgan fingerprint density at radius 3 is 2.50 bits per heavy atom. The fourth-order valence-corrected chi connectivity index (χ4v) is 1.43. The standard InChI is InChI=1S/C7H10BrNO/c1-4-3-6(8)10-7(4)5(2)9/h3,5H,9H2,1-2H3/t5-/m1/s1. The van der Waals surface area contributed by atoms with Gasteiger partial charge in [0.25, 0.3) is 0 Å². The summed E-state index contributed by atoms with van der Waals surface area (Å²) < 4.78 is 6.01. The maximum absolute atomic E-state index is 5.61. The van der Waals surface area contributed by atoms with Crippen molar-refractivity contribution >= 4 is 15.9 Å². The van der Waals surface area contributed by atoms with Crippen LogP contribution in [-0.4, -0.2) is 0 Å². The second kappa shape index (κ2) is 2.76. The van der Waals surface area contributed by atoms with Gasteiger partial charge >= 0.3 is 0 Å². The van der Waals surface area contributed by atoms with E-state index in [-0.39, 0.29) is 6.04 Å². The predicted octanol–water partition coefficient (Wildman–Crippen LogP) is 2.37. The summed E-state index contributed by atoms with van der Waals surface area (Å²) >= 11 is 3.23. The molecule has 0 saturated heterocycles. The lowest BCUT2D eigenvalue weighted by atomic mass is 10.2.